The molecule has 1 aromatic carbocycles. The Morgan fingerprint density at radius 2 is 1.96 bits per heavy atom. The van der Waals surface area contributed by atoms with Gasteiger partial charge in [-0.15, -0.1) is 0 Å². The maximum atomic E-state index is 12.2. The molecule has 0 saturated carbocycles. The van der Waals surface area contributed by atoms with Crippen LogP contribution in [0.2, 0.25) is 5.02 Å². The van der Waals surface area contributed by atoms with Crippen molar-refractivity contribution in [3.63, 3.8) is 0 Å². The lowest BCUT2D eigenvalue weighted by Gasteiger charge is -2.05. The van der Waals surface area contributed by atoms with Crippen LogP contribution in [0.5, 0.6) is 0 Å². The second-order valence-corrected chi connectivity index (χ2v) is 6.05. The van der Waals surface area contributed by atoms with Gasteiger partial charge in [-0.05, 0) is 25.5 Å². The number of hydrogen-bond acceptors (Lipinski definition) is 3. The molecule has 3 rings (SSSR count). The summed E-state index contributed by atoms with van der Waals surface area (Å²) in [6.45, 7) is 4.52. The van der Waals surface area contributed by atoms with Gasteiger partial charge in [-0.2, -0.15) is 10.2 Å². The van der Waals surface area contributed by atoms with Crippen molar-refractivity contribution < 1.29 is 4.79 Å². The van der Waals surface area contributed by atoms with Crippen molar-refractivity contribution in [3.8, 4) is 0 Å². The Labute approximate surface area is 145 Å². The van der Waals surface area contributed by atoms with Crippen molar-refractivity contribution in [1.82, 2.24) is 19.6 Å². The van der Waals surface area contributed by atoms with Crippen LogP contribution < -0.4 is 5.32 Å². The molecule has 0 atom stereocenters. The van der Waals surface area contributed by atoms with Gasteiger partial charge in [-0.1, -0.05) is 41.9 Å². The van der Waals surface area contributed by atoms with Gasteiger partial charge in [0.1, 0.15) is 11.6 Å². The molecule has 2 aromatic heterocycles. The van der Waals surface area contributed by atoms with Crippen molar-refractivity contribution in [3.05, 3.63) is 64.6 Å². The Morgan fingerprint density at radius 1 is 1.21 bits per heavy atom. The van der Waals surface area contributed by atoms with E-state index in [4.69, 9.17) is 11.6 Å². The number of amides is 1. The van der Waals surface area contributed by atoms with E-state index in [0.29, 0.717) is 17.4 Å². The number of carbonyl (C=O) groups excluding carboxylic acids is 1. The Morgan fingerprint density at radius 3 is 2.62 bits per heavy atom. The van der Waals surface area contributed by atoms with Crippen LogP contribution in [0.1, 0.15) is 17.0 Å². The van der Waals surface area contributed by atoms with Gasteiger partial charge in [0.2, 0.25) is 5.91 Å². The van der Waals surface area contributed by atoms with Crippen molar-refractivity contribution >= 4 is 23.3 Å². The predicted molar refractivity (Wildman–Crippen MR) is 93.1 cm³/mol. The molecule has 3 aromatic rings. The smallest absolute Gasteiger partial charge is 0.247 e. The molecule has 2 heterocycles. The van der Waals surface area contributed by atoms with E-state index in [1.165, 1.54) is 0 Å². The molecule has 0 aliphatic rings. The van der Waals surface area contributed by atoms with E-state index in [9.17, 15) is 4.79 Å². The SMILES string of the molecule is Cc1cc(C)n(CC(=O)Nc2nn(Cc3ccccc3)cc2Cl)n1. The standard InChI is InChI=1S/C17H18ClN5O/c1-12-8-13(2)23(20-12)11-16(24)19-17-15(18)10-22(21-17)9-14-6-4-3-5-7-14/h3-8,10H,9,11H2,1-2H3,(H,19,21,24). The molecule has 0 saturated heterocycles. The van der Waals surface area contributed by atoms with E-state index in [1.54, 1.807) is 15.6 Å². The zero-order chi connectivity index (χ0) is 17.1. The monoisotopic (exact) mass is 343 g/mol. The largest absolute Gasteiger partial charge is 0.306 e. The summed E-state index contributed by atoms with van der Waals surface area (Å²) >= 11 is 6.17. The maximum Gasteiger partial charge on any atom is 0.247 e. The van der Waals surface area contributed by atoms with E-state index >= 15 is 0 Å². The van der Waals surface area contributed by atoms with Crippen LogP contribution in [0.3, 0.4) is 0 Å². The first-order chi connectivity index (χ1) is 11.5. The molecule has 0 unspecified atom stereocenters. The zero-order valence-corrected chi connectivity index (χ0v) is 14.3. The molecule has 7 heteroatoms. The molecular formula is C17H18ClN5O. The molecule has 24 heavy (non-hydrogen) atoms. The van der Waals surface area contributed by atoms with Gasteiger partial charge in [0.05, 0.1) is 12.2 Å². The Balaban J connectivity index is 1.67. The highest BCUT2D eigenvalue weighted by Gasteiger charge is 2.13. The number of aryl methyl sites for hydroxylation is 2. The summed E-state index contributed by atoms with van der Waals surface area (Å²) in [5, 5.41) is 11.8. The predicted octanol–water partition coefficient (Wildman–Crippen LogP) is 3.04. The van der Waals surface area contributed by atoms with Crippen LogP contribution in [-0.2, 0) is 17.9 Å². The van der Waals surface area contributed by atoms with E-state index in [-0.39, 0.29) is 12.5 Å². The maximum absolute atomic E-state index is 12.2. The average Bonchev–Trinajstić information content (AvgIpc) is 3.02. The van der Waals surface area contributed by atoms with Crippen LogP contribution in [0, 0.1) is 13.8 Å². The van der Waals surface area contributed by atoms with E-state index < -0.39 is 0 Å². The molecule has 0 radical (unpaired) electrons. The van der Waals surface area contributed by atoms with Crippen LogP contribution in [0.4, 0.5) is 5.82 Å². The number of hydrogen-bond donors (Lipinski definition) is 1. The van der Waals surface area contributed by atoms with Gasteiger partial charge in [-0.3, -0.25) is 14.2 Å². The minimum Gasteiger partial charge on any atom is -0.306 e. The number of halogens is 1. The molecule has 0 spiro atoms. The normalized spacial score (nSPS) is 10.8. The van der Waals surface area contributed by atoms with Crippen LogP contribution in [0.15, 0.2) is 42.6 Å². The lowest BCUT2D eigenvalue weighted by atomic mass is 10.2. The minimum absolute atomic E-state index is 0.127. The first-order valence-electron chi connectivity index (χ1n) is 7.59. The molecule has 6 nitrogen and oxygen atoms in total. The molecular weight excluding hydrogens is 326 g/mol. The topological polar surface area (TPSA) is 64.7 Å². The van der Waals surface area contributed by atoms with Crippen molar-refractivity contribution in [1.29, 1.82) is 0 Å². The summed E-state index contributed by atoms with van der Waals surface area (Å²) in [6.07, 6.45) is 1.70. The number of anilines is 1. The highest BCUT2D eigenvalue weighted by atomic mass is 35.5. The first-order valence-corrected chi connectivity index (χ1v) is 7.97. The van der Waals surface area contributed by atoms with Gasteiger partial charge in [0.15, 0.2) is 5.82 Å². The van der Waals surface area contributed by atoms with E-state index in [1.807, 2.05) is 50.2 Å². The van der Waals surface area contributed by atoms with Crippen molar-refractivity contribution in [2.45, 2.75) is 26.9 Å². The molecule has 0 aliphatic carbocycles. The highest BCUT2D eigenvalue weighted by Crippen LogP contribution is 2.20. The van der Waals surface area contributed by atoms with Gasteiger partial charge in [0.25, 0.3) is 0 Å². The second kappa shape index (κ2) is 6.88. The number of aromatic nitrogens is 4. The third kappa shape index (κ3) is 3.83. The fourth-order valence-corrected chi connectivity index (χ4v) is 2.67. The van der Waals surface area contributed by atoms with Gasteiger partial charge in [0, 0.05) is 11.9 Å². The number of rotatable bonds is 5. The first kappa shape index (κ1) is 16.3. The second-order valence-electron chi connectivity index (χ2n) is 5.64. The lowest BCUT2D eigenvalue weighted by molar-refractivity contribution is -0.117. The van der Waals surface area contributed by atoms with Gasteiger partial charge in [-0.25, -0.2) is 0 Å². The summed E-state index contributed by atoms with van der Waals surface area (Å²) in [7, 11) is 0. The Bertz CT molecular complexity index is 853. The summed E-state index contributed by atoms with van der Waals surface area (Å²) in [5.74, 6) is 0.146. The molecule has 0 fully saturated rings. The summed E-state index contributed by atoms with van der Waals surface area (Å²) in [6, 6.07) is 11.8. The average molecular weight is 344 g/mol. The molecule has 0 bridgehead atoms. The summed E-state index contributed by atoms with van der Waals surface area (Å²) < 4.78 is 3.36. The van der Waals surface area contributed by atoms with Gasteiger partial charge >= 0.3 is 0 Å². The third-order valence-electron chi connectivity index (χ3n) is 3.56. The van der Waals surface area contributed by atoms with Crippen molar-refractivity contribution in [2.24, 2.45) is 0 Å². The third-order valence-corrected chi connectivity index (χ3v) is 3.84. The lowest BCUT2D eigenvalue weighted by Crippen LogP contribution is -2.20. The number of benzene rings is 1. The van der Waals surface area contributed by atoms with Crippen LogP contribution in [-0.4, -0.2) is 25.5 Å². The molecule has 124 valence electrons. The highest BCUT2D eigenvalue weighted by molar-refractivity contribution is 6.33. The number of carbonyl (C=O) groups is 1. The fourth-order valence-electron chi connectivity index (χ4n) is 2.48. The Hall–Kier alpha value is -2.60. The molecule has 0 aliphatic heterocycles. The van der Waals surface area contributed by atoms with E-state index in [0.717, 1.165) is 17.0 Å². The summed E-state index contributed by atoms with van der Waals surface area (Å²) in [4.78, 5) is 12.2. The fraction of sp³-hybridized carbons (Fsp3) is 0.235. The summed E-state index contributed by atoms with van der Waals surface area (Å²) in [5.41, 5.74) is 2.92. The van der Waals surface area contributed by atoms with Crippen LogP contribution >= 0.6 is 11.6 Å². The van der Waals surface area contributed by atoms with Gasteiger partial charge < -0.3 is 5.32 Å². The van der Waals surface area contributed by atoms with Crippen LogP contribution in [0.25, 0.3) is 0 Å². The molecule has 1 amide bonds. The van der Waals surface area contributed by atoms with Crippen molar-refractivity contribution in [2.75, 3.05) is 5.32 Å². The quantitative estimate of drug-likeness (QED) is 0.774. The number of nitrogens with zero attached hydrogens (tertiary/aromatic N) is 4. The number of nitrogens with one attached hydrogen (secondary N) is 1. The molecule has 1 N–H and O–H groups in total. The Kier molecular flexibility index (Phi) is 4.66. The zero-order valence-electron chi connectivity index (χ0n) is 13.5. The minimum atomic E-state index is -0.215. The van der Waals surface area contributed by atoms with E-state index in [2.05, 4.69) is 15.5 Å².